The minimum atomic E-state index is -0.937. The van der Waals surface area contributed by atoms with E-state index in [0.717, 1.165) is 44.5 Å². The second-order valence-corrected chi connectivity index (χ2v) is 10.2. The second-order valence-electron chi connectivity index (χ2n) is 9.56. The van der Waals surface area contributed by atoms with Gasteiger partial charge in [-0.15, -0.1) is 11.6 Å². The van der Waals surface area contributed by atoms with Gasteiger partial charge in [-0.3, -0.25) is 0 Å². The van der Waals surface area contributed by atoms with Crippen LogP contribution < -0.4 is 20.8 Å². The summed E-state index contributed by atoms with van der Waals surface area (Å²) in [6.07, 6.45) is 9.02. The van der Waals surface area contributed by atoms with Crippen molar-refractivity contribution in [3.8, 4) is 0 Å². The highest BCUT2D eigenvalue weighted by Crippen LogP contribution is 2.28. The number of nitrogens with zero attached hydrogens (tertiary/aromatic N) is 1. The van der Waals surface area contributed by atoms with E-state index in [4.69, 9.17) is 16.7 Å². The molecule has 6 N–H and O–H groups in total. The van der Waals surface area contributed by atoms with Crippen molar-refractivity contribution in [3.05, 3.63) is 10.4 Å². The van der Waals surface area contributed by atoms with Gasteiger partial charge < -0.3 is 20.7 Å². The number of piperidine rings is 1. The molecule has 0 aromatic rings. The fraction of sp³-hybridized carbons (Fsp3) is 0.950. The number of rotatable bonds is 7. The number of nitrogens with one attached hydrogen (secondary N) is 4. The zero-order valence-electron chi connectivity index (χ0n) is 18.0. The van der Waals surface area contributed by atoms with Crippen molar-refractivity contribution >= 4 is 17.3 Å². The Morgan fingerprint density at radius 2 is 1.80 bits per heavy atom. The molecule has 1 heterocycles. The van der Waals surface area contributed by atoms with Gasteiger partial charge >= 0.3 is 0 Å². The van der Waals surface area contributed by atoms with E-state index < -0.39 is 22.5 Å². The molecular weight excluding hydrogens is 410 g/mol. The van der Waals surface area contributed by atoms with Gasteiger partial charge in [0.15, 0.2) is 0 Å². The Bertz CT molecular complexity index is 559. The van der Waals surface area contributed by atoms with Gasteiger partial charge in [0.2, 0.25) is 0 Å². The first kappa shape index (κ1) is 24.1. The predicted molar refractivity (Wildman–Crippen MR) is 114 cm³/mol. The second kappa shape index (κ2) is 11.4. The minimum absolute atomic E-state index is 0.166. The maximum atomic E-state index is 11.8. The first-order valence-corrected chi connectivity index (χ1v) is 12.0. The van der Waals surface area contributed by atoms with E-state index in [9.17, 15) is 20.8 Å². The van der Waals surface area contributed by atoms with E-state index in [-0.39, 0.29) is 17.8 Å². The van der Waals surface area contributed by atoms with E-state index in [0.29, 0.717) is 24.8 Å². The normalized spacial score (nSPS) is 40.6. The smallest absolute Gasteiger partial charge is 0.144 e. The van der Waals surface area contributed by atoms with Crippen molar-refractivity contribution in [2.45, 2.75) is 101 Å². The number of likely N-dealkylation sites (tertiary alicyclic amines) is 1. The number of hydrazone groups is 1. The molecule has 7 unspecified atom stereocenters. The predicted octanol–water partition coefficient (Wildman–Crippen LogP) is -0.980. The summed E-state index contributed by atoms with van der Waals surface area (Å²) in [5, 5.41) is 45.3. The molecule has 3 fully saturated rings. The van der Waals surface area contributed by atoms with E-state index in [1.54, 1.807) is 4.90 Å². The average Bonchev–Trinajstić information content (AvgIpc) is 2.73. The van der Waals surface area contributed by atoms with Gasteiger partial charge in [0.1, 0.15) is 18.6 Å². The van der Waals surface area contributed by atoms with Crippen LogP contribution in [0, 0.1) is 16.3 Å². The highest BCUT2D eigenvalue weighted by molar-refractivity contribution is 6.20. The van der Waals surface area contributed by atoms with E-state index in [2.05, 4.69) is 12.3 Å². The van der Waals surface area contributed by atoms with Crippen molar-refractivity contribution in [1.82, 2.24) is 5.43 Å². The van der Waals surface area contributed by atoms with Gasteiger partial charge in [0, 0.05) is 17.7 Å². The Morgan fingerprint density at radius 1 is 1.07 bits per heavy atom. The zero-order chi connectivity index (χ0) is 21.7. The van der Waals surface area contributed by atoms with Crippen molar-refractivity contribution in [2.24, 2.45) is 11.0 Å². The lowest BCUT2D eigenvalue weighted by molar-refractivity contribution is -1.09. The molecule has 7 atom stereocenters. The third kappa shape index (κ3) is 6.49. The molecule has 9 nitrogen and oxygen atoms in total. The third-order valence-corrected chi connectivity index (χ3v) is 7.95. The Hall–Kier alpha value is -0.520. The van der Waals surface area contributed by atoms with E-state index in [1.807, 2.05) is 0 Å². The molecular formula is C20H39ClN5O4+. The van der Waals surface area contributed by atoms with Crippen LogP contribution in [0.15, 0.2) is 5.10 Å². The third-order valence-electron chi connectivity index (χ3n) is 7.51. The maximum absolute atomic E-state index is 11.8. The lowest BCUT2D eigenvalue weighted by Gasteiger charge is -2.39. The molecule has 10 heteroatoms. The molecule has 0 spiro atoms. The van der Waals surface area contributed by atoms with Crippen molar-refractivity contribution < 1.29 is 25.8 Å². The highest BCUT2D eigenvalue weighted by Gasteiger charge is 2.38. The van der Waals surface area contributed by atoms with Crippen LogP contribution in [0.3, 0.4) is 0 Å². The molecule has 2 saturated carbocycles. The lowest BCUT2D eigenvalue weighted by Crippen LogP contribution is -3.17. The summed E-state index contributed by atoms with van der Waals surface area (Å²) in [5.41, 5.74) is 4.34. The fourth-order valence-corrected chi connectivity index (χ4v) is 5.65. The van der Waals surface area contributed by atoms with Crippen molar-refractivity contribution in [2.75, 3.05) is 13.1 Å². The number of halogens is 1. The highest BCUT2D eigenvalue weighted by atomic mass is 35.5. The van der Waals surface area contributed by atoms with Crippen LogP contribution in [-0.4, -0.2) is 58.8 Å². The Kier molecular flexibility index (Phi) is 9.15. The number of hydrogen-bond donors (Lipinski definition) is 6. The SMILES string of the molecule is CC1CCCC[NH+]1CC(=NNC1CCC([NH+]([O-])O)CC1[NH+]([O-])O)C1CCC(Cl)CC1. The molecule has 1 aliphatic heterocycles. The standard InChI is InChI=1S/C20H38ClN5O4/c1-14-4-2-3-11-24(14)13-19(15-5-7-16(21)8-6-15)23-22-18-10-9-17(25(27)28)12-20(18)26(29)30/h14-18,20,22,25-27,29H,2-13H2,1H3/p+1. The Balaban J connectivity index is 1.69. The average molecular weight is 449 g/mol. The molecule has 3 rings (SSSR count). The summed E-state index contributed by atoms with van der Waals surface area (Å²) < 4.78 is 0. The summed E-state index contributed by atoms with van der Waals surface area (Å²) >= 11 is 6.32. The summed E-state index contributed by atoms with van der Waals surface area (Å²) in [7, 11) is 0. The van der Waals surface area contributed by atoms with E-state index in [1.165, 1.54) is 19.3 Å². The number of hydroxylamine groups is 4. The van der Waals surface area contributed by atoms with Gasteiger partial charge in [-0.05, 0) is 58.3 Å². The Labute approximate surface area is 184 Å². The molecule has 0 amide bonds. The summed E-state index contributed by atoms with van der Waals surface area (Å²) in [5.74, 6) is 0.396. The Morgan fingerprint density at radius 3 is 2.43 bits per heavy atom. The van der Waals surface area contributed by atoms with Gasteiger partial charge in [-0.2, -0.15) is 5.10 Å². The van der Waals surface area contributed by atoms with Crippen LogP contribution in [-0.2, 0) is 0 Å². The summed E-state index contributed by atoms with van der Waals surface area (Å²) in [6, 6.07) is -0.993. The van der Waals surface area contributed by atoms with Crippen LogP contribution >= 0.6 is 11.6 Å². The number of hydrogen-bond acceptors (Lipinski definition) is 6. The molecule has 0 bridgehead atoms. The zero-order valence-corrected chi connectivity index (χ0v) is 18.7. The number of quaternary nitrogens is 3. The van der Waals surface area contributed by atoms with Crippen LogP contribution in [0.1, 0.15) is 71.1 Å². The monoisotopic (exact) mass is 448 g/mol. The lowest BCUT2D eigenvalue weighted by atomic mass is 9.84. The first-order valence-electron chi connectivity index (χ1n) is 11.6. The topological polar surface area (TPSA) is 124 Å². The van der Waals surface area contributed by atoms with Crippen LogP contribution in [0.2, 0.25) is 0 Å². The molecule has 0 aromatic heterocycles. The van der Waals surface area contributed by atoms with Crippen LogP contribution in [0.25, 0.3) is 0 Å². The molecule has 3 aliphatic rings. The molecule has 0 radical (unpaired) electrons. The summed E-state index contributed by atoms with van der Waals surface area (Å²) in [6.45, 7) is 4.36. The largest absolute Gasteiger partial charge is 0.600 e. The van der Waals surface area contributed by atoms with Gasteiger partial charge in [0.05, 0.1) is 30.8 Å². The van der Waals surface area contributed by atoms with Crippen molar-refractivity contribution in [1.29, 1.82) is 0 Å². The van der Waals surface area contributed by atoms with Gasteiger partial charge in [0.25, 0.3) is 0 Å². The number of alkyl halides is 1. The molecule has 2 aliphatic carbocycles. The minimum Gasteiger partial charge on any atom is -0.600 e. The molecule has 0 aromatic carbocycles. The molecule has 174 valence electrons. The van der Waals surface area contributed by atoms with Gasteiger partial charge in [-0.25, -0.2) is 20.9 Å². The van der Waals surface area contributed by atoms with Crippen LogP contribution in [0.5, 0.6) is 0 Å². The van der Waals surface area contributed by atoms with Crippen molar-refractivity contribution in [3.63, 3.8) is 0 Å². The maximum Gasteiger partial charge on any atom is 0.144 e. The quantitative estimate of drug-likeness (QED) is 0.170. The molecule has 30 heavy (non-hydrogen) atoms. The summed E-state index contributed by atoms with van der Waals surface area (Å²) in [4.78, 5) is 1.57. The van der Waals surface area contributed by atoms with Crippen LogP contribution in [0.4, 0.5) is 0 Å². The fourth-order valence-electron chi connectivity index (χ4n) is 5.40. The van der Waals surface area contributed by atoms with Gasteiger partial charge in [-0.1, -0.05) is 0 Å². The van der Waals surface area contributed by atoms with E-state index >= 15 is 0 Å². The first-order chi connectivity index (χ1) is 14.3. The molecule has 1 saturated heterocycles.